The molecule has 0 unspecified atom stereocenters. The standard InChI is InChI=1S/C28H27N5O/c1-28(2)22-9-5-6-10-23(22)30-26(28)20-17-29-33(18-20)21-15-13-19(14-16-21)27(34)31-24-11-7-8-12-25(24)32(3)4/h5-18H,1-4H3,(H,31,34). The second kappa shape index (κ2) is 8.30. The number of para-hydroxylation sites is 3. The number of rotatable bonds is 5. The number of aromatic nitrogens is 2. The number of anilines is 2. The highest BCUT2D eigenvalue weighted by Crippen LogP contribution is 2.41. The highest BCUT2D eigenvalue weighted by molar-refractivity contribution is 6.12. The number of amides is 1. The van der Waals surface area contributed by atoms with E-state index in [0.29, 0.717) is 5.56 Å². The lowest BCUT2D eigenvalue weighted by molar-refractivity contribution is 0.102. The van der Waals surface area contributed by atoms with E-state index in [-0.39, 0.29) is 11.3 Å². The summed E-state index contributed by atoms with van der Waals surface area (Å²) in [5, 5.41) is 7.57. The molecule has 2 heterocycles. The van der Waals surface area contributed by atoms with Crippen molar-refractivity contribution in [3.05, 3.63) is 102 Å². The van der Waals surface area contributed by atoms with Gasteiger partial charge in [-0.25, -0.2) is 4.68 Å². The van der Waals surface area contributed by atoms with E-state index in [1.165, 1.54) is 5.56 Å². The Balaban J connectivity index is 1.35. The van der Waals surface area contributed by atoms with Gasteiger partial charge in [-0.1, -0.05) is 44.2 Å². The molecule has 1 aliphatic heterocycles. The predicted octanol–water partition coefficient (Wildman–Crippen LogP) is 5.60. The molecular weight excluding hydrogens is 422 g/mol. The molecule has 1 N–H and O–H groups in total. The maximum absolute atomic E-state index is 12.8. The molecule has 34 heavy (non-hydrogen) atoms. The molecule has 1 aromatic heterocycles. The quantitative estimate of drug-likeness (QED) is 0.431. The van der Waals surface area contributed by atoms with Crippen molar-refractivity contribution < 1.29 is 4.79 Å². The van der Waals surface area contributed by atoms with E-state index in [2.05, 4.69) is 42.5 Å². The van der Waals surface area contributed by atoms with Crippen molar-refractivity contribution in [3.8, 4) is 5.69 Å². The Kier molecular flexibility index (Phi) is 5.28. The molecule has 6 nitrogen and oxygen atoms in total. The van der Waals surface area contributed by atoms with E-state index >= 15 is 0 Å². The van der Waals surface area contributed by atoms with E-state index in [1.807, 2.05) is 90.7 Å². The van der Waals surface area contributed by atoms with Crippen LogP contribution in [0.25, 0.3) is 5.69 Å². The lowest BCUT2D eigenvalue weighted by atomic mass is 9.80. The normalized spacial score (nSPS) is 13.8. The topological polar surface area (TPSA) is 62.5 Å². The van der Waals surface area contributed by atoms with Gasteiger partial charge in [0.05, 0.1) is 34.7 Å². The minimum atomic E-state index is -0.185. The van der Waals surface area contributed by atoms with Crippen LogP contribution in [-0.2, 0) is 5.41 Å². The van der Waals surface area contributed by atoms with E-state index in [4.69, 9.17) is 4.99 Å². The molecule has 0 saturated carbocycles. The number of benzene rings is 3. The van der Waals surface area contributed by atoms with Crippen molar-refractivity contribution in [2.45, 2.75) is 19.3 Å². The predicted molar refractivity (Wildman–Crippen MR) is 138 cm³/mol. The summed E-state index contributed by atoms with van der Waals surface area (Å²) in [6, 6.07) is 23.4. The summed E-state index contributed by atoms with van der Waals surface area (Å²) in [5.41, 5.74) is 7.25. The van der Waals surface area contributed by atoms with Crippen molar-refractivity contribution in [1.29, 1.82) is 0 Å². The second-order valence-electron chi connectivity index (χ2n) is 9.19. The fraction of sp³-hybridized carbons (Fsp3) is 0.179. The van der Waals surface area contributed by atoms with Gasteiger partial charge in [0.1, 0.15) is 0 Å². The van der Waals surface area contributed by atoms with E-state index in [0.717, 1.165) is 34.0 Å². The zero-order chi connectivity index (χ0) is 23.9. The van der Waals surface area contributed by atoms with Crippen molar-refractivity contribution in [1.82, 2.24) is 9.78 Å². The van der Waals surface area contributed by atoms with Gasteiger partial charge in [0, 0.05) is 36.8 Å². The van der Waals surface area contributed by atoms with Gasteiger partial charge in [0.2, 0.25) is 0 Å². The van der Waals surface area contributed by atoms with Crippen LogP contribution in [0.3, 0.4) is 0 Å². The molecule has 0 bridgehead atoms. The Morgan fingerprint density at radius 3 is 2.38 bits per heavy atom. The largest absolute Gasteiger partial charge is 0.376 e. The summed E-state index contributed by atoms with van der Waals surface area (Å²) in [6.07, 6.45) is 3.85. The highest BCUT2D eigenvalue weighted by Gasteiger charge is 2.36. The van der Waals surface area contributed by atoms with E-state index < -0.39 is 0 Å². The molecule has 0 fully saturated rings. The maximum atomic E-state index is 12.8. The Labute approximate surface area is 199 Å². The van der Waals surface area contributed by atoms with Gasteiger partial charge < -0.3 is 10.2 Å². The van der Waals surface area contributed by atoms with Crippen molar-refractivity contribution in [3.63, 3.8) is 0 Å². The molecule has 6 heteroatoms. The minimum absolute atomic E-state index is 0.151. The van der Waals surface area contributed by atoms with Crippen LogP contribution < -0.4 is 10.2 Å². The van der Waals surface area contributed by atoms with Gasteiger partial charge in [-0.3, -0.25) is 9.79 Å². The monoisotopic (exact) mass is 449 g/mol. The third kappa shape index (κ3) is 3.77. The first-order valence-electron chi connectivity index (χ1n) is 11.3. The lowest BCUT2D eigenvalue weighted by Gasteiger charge is -2.21. The number of nitrogens with one attached hydrogen (secondary N) is 1. The zero-order valence-corrected chi connectivity index (χ0v) is 19.8. The molecule has 170 valence electrons. The average Bonchev–Trinajstić information content (AvgIpc) is 3.42. The van der Waals surface area contributed by atoms with Gasteiger partial charge in [-0.15, -0.1) is 0 Å². The van der Waals surface area contributed by atoms with Crippen LogP contribution in [0.4, 0.5) is 17.1 Å². The lowest BCUT2D eigenvalue weighted by Crippen LogP contribution is -2.26. The van der Waals surface area contributed by atoms with Crippen LogP contribution in [0.2, 0.25) is 0 Å². The first-order chi connectivity index (χ1) is 16.3. The maximum Gasteiger partial charge on any atom is 0.255 e. The summed E-state index contributed by atoms with van der Waals surface area (Å²) in [6.45, 7) is 4.38. The van der Waals surface area contributed by atoms with Crippen LogP contribution in [0.15, 0.2) is 90.2 Å². The van der Waals surface area contributed by atoms with Crippen LogP contribution in [0, 0.1) is 0 Å². The Hall–Kier alpha value is -4.19. The third-order valence-electron chi connectivity index (χ3n) is 6.29. The number of fused-ring (bicyclic) bond motifs is 1. The van der Waals surface area contributed by atoms with Crippen molar-refractivity contribution in [2.75, 3.05) is 24.3 Å². The number of carbonyl (C=O) groups is 1. The average molecular weight is 450 g/mol. The summed E-state index contributed by atoms with van der Waals surface area (Å²) < 4.78 is 1.82. The van der Waals surface area contributed by atoms with Crippen LogP contribution >= 0.6 is 0 Å². The number of hydrogen-bond acceptors (Lipinski definition) is 4. The first-order valence-corrected chi connectivity index (χ1v) is 11.3. The fourth-order valence-electron chi connectivity index (χ4n) is 4.43. The van der Waals surface area contributed by atoms with Gasteiger partial charge in [-0.05, 0) is 48.0 Å². The third-order valence-corrected chi connectivity index (χ3v) is 6.29. The van der Waals surface area contributed by atoms with Gasteiger partial charge in [-0.2, -0.15) is 5.10 Å². The number of nitrogens with zero attached hydrogens (tertiary/aromatic N) is 4. The molecule has 3 aromatic carbocycles. The van der Waals surface area contributed by atoms with Crippen LogP contribution in [0.1, 0.15) is 35.3 Å². The first kappa shape index (κ1) is 21.6. The molecule has 0 spiro atoms. The molecular formula is C28H27N5O. The van der Waals surface area contributed by atoms with Crippen LogP contribution in [0.5, 0.6) is 0 Å². The summed E-state index contributed by atoms with van der Waals surface area (Å²) in [7, 11) is 3.91. The second-order valence-corrected chi connectivity index (χ2v) is 9.19. The Bertz CT molecular complexity index is 1400. The number of aliphatic imine (C=N–C) groups is 1. The summed E-state index contributed by atoms with van der Waals surface area (Å²) in [4.78, 5) is 19.7. The molecule has 4 aromatic rings. The zero-order valence-electron chi connectivity index (χ0n) is 19.8. The van der Waals surface area contributed by atoms with Gasteiger partial charge in [0.25, 0.3) is 5.91 Å². The molecule has 0 saturated heterocycles. The number of carbonyl (C=O) groups excluding carboxylic acids is 1. The Morgan fingerprint density at radius 1 is 0.941 bits per heavy atom. The Morgan fingerprint density at radius 2 is 1.65 bits per heavy atom. The molecule has 0 aliphatic carbocycles. The van der Waals surface area contributed by atoms with Crippen molar-refractivity contribution >= 4 is 28.7 Å². The van der Waals surface area contributed by atoms with Crippen molar-refractivity contribution in [2.24, 2.45) is 4.99 Å². The fourth-order valence-corrected chi connectivity index (χ4v) is 4.43. The summed E-state index contributed by atoms with van der Waals surface area (Å²) in [5.74, 6) is -0.151. The molecule has 0 radical (unpaired) electrons. The van der Waals surface area contributed by atoms with Crippen LogP contribution in [-0.4, -0.2) is 35.5 Å². The van der Waals surface area contributed by atoms with E-state index in [1.54, 1.807) is 0 Å². The highest BCUT2D eigenvalue weighted by atomic mass is 16.1. The van der Waals surface area contributed by atoms with E-state index in [9.17, 15) is 4.79 Å². The van der Waals surface area contributed by atoms with Gasteiger partial charge in [0.15, 0.2) is 0 Å². The number of hydrogen-bond donors (Lipinski definition) is 1. The smallest absolute Gasteiger partial charge is 0.255 e. The van der Waals surface area contributed by atoms with Gasteiger partial charge >= 0.3 is 0 Å². The molecule has 5 rings (SSSR count). The SMILES string of the molecule is CN(C)c1ccccc1NC(=O)c1ccc(-n2cc(C3=Nc4ccccc4C3(C)C)cn2)cc1. The molecule has 1 amide bonds. The molecule has 0 atom stereocenters. The minimum Gasteiger partial charge on any atom is -0.376 e. The molecule has 1 aliphatic rings. The summed E-state index contributed by atoms with van der Waals surface area (Å²) >= 11 is 0.